The summed E-state index contributed by atoms with van der Waals surface area (Å²) in [4.78, 5) is 20.7. The summed E-state index contributed by atoms with van der Waals surface area (Å²) in [5, 5.41) is 2.50. The molecule has 3 nitrogen and oxygen atoms in total. The molecule has 0 saturated carbocycles. The topological polar surface area (TPSA) is 33.2 Å². The molecule has 0 bridgehead atoms. The van der Waals surface area contributed by atoms with Crippen LogP contribution < -0.4 is 4.90 Å². The molecule has 0 saturated heterocycles. The lowest BCUT2D eigenvalue weighted by Gasteiger charge is -2.20. The van der Waals surface area contributed by atoms with Crippen molar-refractivity contribution < 1.29 is 13.6 Å². The summed E-state index contributed by atoms with van der Waals surface area (Å²) in [7, 11) is 0. The number of aromatic nitrogens is 1. The zero-order valence-corrected chi connectivity index (χ0v) is 16.9. The maximum absolute atomic E-state index is 13.1. The second-order valence-corrected chi connectivity index (χ2v) is 8.93. The molecule has 4 rings (SSSR count). The van der Waals surface area contributed by atoms with E-state index in [1.807, 2.05) is 41.8 Å². The predicted octanol–water partition coefficient (Wildman–Crippen LogP) is 6.58. The normalized spacial score (nSPS) is 11.2. The van der Waals surface area contributed by atoms with Gasteiger partial charge in [-0.3, -0.25) is 9.69 Å². The minimum Gasteiger partial charge on any atom is -0.274 e. The molecule has 0 aliphatic rings. The Morgan fingerprint density at radius 2 is 1.86 bits per heavy atom. The third-order valence-electron chi connectivity index (χ3n) is 3.95. The van der Waals surface area contributed by atoms with Gasteiger partial charge in [-0.2, -0.15) is 8.78 Å². The van der Waals surface area contributed by atoms with Crippen molar-refractivity contribution in [3.05, 3.63) is 70.9 Å². The minimum absolute atomic E-state index is 0.115. The number of rotatable bonds is 6. The number of anilines is 2. The summed E-state index contributed by atoms with van der Waals surface area (Å²) in [6.07, 6.45) is 0.251. The molecule has 0 N–H and O–H groups in total. The van der Waals surface area contributed by atoms with Crippen molar-refractivity contribution in [2.75, 3.05) is 4.90 Å². The molecule has 0 aliphatic carbocycles. The molecule has 2 aromatic heterocycles. The Balaban J connectivity index is 1.71. The highest BCUT2D eigenvalue weighted by Crippen LogP contribution is 2.35. The Bertz CT molecular complexity index is 1050. The number of thioether (sulfide) groups is 1. The van der Waals surface area contributed by atoms with E-state index in [-0.39, 0.29) is 12.3 Å². The molecule has 0 atom stereocenters. The van der Waals surface area contributed by atoms with Crippen molar-refractivity contribution in [1.82, 2.24) is 4.98 Å². The average molecular weight is 433 g/mol. The first-order valence-corrected chi connectivity index (χ1v) is 10.9. The maximum Gasteiger partial charge on any atom is 0.288 e. The van der Waals surface area contributed by atoms with Crippen LogP contribution in [0.3, 0.4) is 0 Å². The number of para-hydroxylation sites is 1. The number of fused-ring (bicyclic) bond motifs is 1. The summed E-state index contributed by atoms with van der Waals surface area (Å²) in [5.74, 6) is -2.59. The smallest absolute Gasteiger partial charge is 0.274 e. The van der Waals surface area contributed by atoms with Gasteiger partial charge in [0, 0.05) is 9.77 Å². The third-order valence-corrected chi connectivity index (χ3v) is 6.57. The van der Waals surface area contributed by atoms with Crippen LogP contribution in [-0.2, 0) is 11.2 Å². The Morgan fingerprint density at radius 3 is 2.54 bits per heavy atom. The Labute approximate surface area is 172 Å². The highest BCUT2D eigenvalue weighted by Gasteiger charge is 2.22. The van der Waals surface area contributed by atoms with Crippen LogP contribution in [0.5, 0.6) is 0 Å². The van der Waals surface area contributed by atoms with Crippen molar-refractivity contribution in [3.63, 3.8) is 0 Å². The summed E-state index contributed by atoms with van der Waals surface area (Å²) < 4.78 is 26.2. The molecule has 0 aliphatic heterocycles. The number of amides is 1. The number of hydrogen-bond donors (Lipinski definition) is 0. The fraction of sp³-hybridized carbons (Fsp3) is 0.100. The highest BCUT2D eigenvalue weighted by molar-refractivity contribution is 7.99. The molecule has 0 radical (unpaired) electrons. The van der Waals surface area contributed by atoms with Gasteiger partial charge < -0.3 is 0 Å². The number of alkyl halides is 2. The first-order chi connectivity index (χ1) is 13.6. The first-order valence-electron chi connectivity index (χ1n) is 8.36. The lowest BCUT2D eigenvalue weighted by molar-refractivity contribution is -0.117. The van der Waals surface area contributed by atoms with E-state index in [9.17, 15) is 13.6 Å². The standard InChI is InChI=1S/C20H14F2N2OS3/c21-19(22)27-14-9-7-13(8-10-14)24(18(25)12-15-4-3-11-26-15)20-23-16-5-1-2-6-17(16)28-20/h1-11,19H,12H2. The van der Waals surface area contributed by atoms with Crippen LogP contribution >= 0.6 is 34.4 Å². The molecule has 142 valence electrons. The fourth-order valence-corrected chi connectivity index (χ4v) is 4.93. The van der Waals surface area contributed by atoms with E-state index < -0.39 is 5.76 Å². The Kier molecular flexibility index (Phi) is 5.70. The number of benzene rings is 2. The van der Waals surface area contributed by atoms with Crippen LogP contribution in [-0.4, -0.2) is 16.6 Å². The van der Waals surface area contributed by atoms with Gasteiger partial charge in [0.2, 0.25) is 5.91 Å². The van der Waals surface area contributed by atoms with Crippen LogP contribution in [0, 0.1) is 0 Å². The van der Waals surface area contributed by atoms with Gasteiger partial charge in [0.1, 0.15) is 0 Å². The zero-order chi connectivity index (χ0) is 19.5. The third kappa shape index (κ3) is 4.24. The molecule has 28 heavy (non-hydrogen) atoms. The van der Waals surface area contributed by atoms with Crippen molar-refractivity contribution in [2.24, 2.45) is 0 Å². The number of carbonyl (C=O) groups is 1. The van der Waals surface area contributed by atoms with Gasteiger partial charge >= 0.3 is 0 Å². The molecule has 4 aromatic rings. The fourth-order valence-electron chi connectivity index (χ4n) is 2.73. The SMILES string of the molecule is O=C(Cc1cccs1)N(c1ccc(SC(F)F)cc1)c1nc2ccccc2s1. The van der Waals surface area contributed by atoms with Gasteiger partial charge in [-0.1, -0.05) is 41.3 Å². The monoisotopic (exact) mass is 432 g/mol. The van der Waals surface area contributed by atoms with Crippen LogP contribution in [0.25, 0.3) is 10.2 Å². The second-order valence-electron chi connectivity index (χ2n) is 5.82. The molecule has 1 amide bonds. The molecule has 2 heterocycles. The Morgan fingerprint density at radius 1 is 1.07 bits per heavy atom. The molecule has 8 heteroatoms. The second kappa shape index (κ2) is 8.38. The van der Waals surface area contributed by atoms with E-state index in [4.69, 9.17) is 0 Å². The molecule has 2 aromatic carbocycles. The summed E-state index contributed by atoms with van der Waals surface area (Å²) in [6, 6.07) is 18.1. The maximum atomic E-state index is 13.1. The molecular weight excluding hydrogens is 418 g/mol. The van der Waals surface area contributed by atoms with Gasteiger partial charge in [-0.05, 0) is 47.8 Å². The van der Waals surface area contributed by atoms with E-state index >= 15 is 0 Å². The lowest BCUT2D eigenvalue weighted by Crippen LogP contribution is -2.27. The number of carbonyl (C=O) groups excluding carboxylic acids is 1. The van der Waals surface area contributed by atoms with Crippen LogP contribution in [0.4, 0.5) is 19.6 Å². The average Bonchev–Trinajstić information content (AvgIpc) is 3.32. The van der Waals surface area contributed by atoms with Crippen LogP contribution in [0.2, 0.25) is 0 Å². The molecule has 0 unspecified atom stereocenters. The molecular formula is C20H14F2N2OS3. The number of nitrogens with zero attached hydrogens (tertiary/aromatic N) is 2. The van der Waals surface area contributed by atoms with Gasteiger partial charge in [0.05, 0.1) is 22.3 Å². The van der Waals surface area contributed by atoms with Gasteiger partial charge in [0.15, 0.2) is 5.13 Å². The molecule has 0 spiro atoms. The van der Waals surface area contributed by atoms with Gasteiger partial charge in [-0.15, -0.1) is 11.3 Å². The summed E-state index contributed by atoms with van der Waals surface area (Å²) in [5.41, 5.74) is 1.43. The minimum atomic E-state index is -2.48. The van der Waals surface area contributed by atoms with E-state index in [0.717, 1.165) is 15.1 Å². The summed E-state index contributed by atoms with van der Waals surface area (Å²) >= 11 is 3.43. The van der Waals surface area contributed by atoms with Gasteiger partial charge in [-0.25, -0.2) is 4.98 Å². The van der Waals surface area contributed by atoms with Crippen molar-refractivity contribution in [2.45, 2.75) is 17.1 Å². The predicted molar refractivity (Wildman–Crippen MR) is 113 cm³/mol. The van der Waals surface area contributed by atoms with E-state index in [1.54, 1.807) is 29.2 Å². The van der Waals surface area contributed by atoms with Crippen molar-refractivity contribution >= 4 is 61.4 Å². The number of thiazole rings is 1. The quantitative estimate of drug-likeness (QED) is 0.323. The first kappa shape index (κ1) is 19.0. The van der Waals surface area contributed by atoms with Crippen molar-refractivity contribution in [1.29, 1.82) is 0 Å². The zero-order valence-electron chi connectivity index (χ0n) is 14.4. The number of thiophene rings is 1. The van der Waals surface area contributed by atoms with Crippen LogP contribution in [0.1, 0.15) is 4.88 Å². The lowest BCUT2D eigenvalue weighted by atomic mass is 10.2. The number of hydrogen-bond acceptors (Lipinski definition) is 5. The van der Waals surface area contributed by atoms with E-state index in [2.05, 4.69) is 4.98 Å². The van der Waals surface area contributed by atoms with Crippen LogP contribution in [0.15, 0.2) is 70.9 Å². The summed E-state index contributed by atoms with van der Waals surface area (Å²) in [6.45, 7) is 0. The molecule has 0 fully saturated rings. The van der Waals surface area contributed by atoms with Gasteiger partial charge in [0.25, 0.3) is 5.76 Å². The number of halogens is 2. The van der Waals surface area contributed by atoms with E-state index in [0.29, 0.717) is 27.5 Å². The largest absolute Gasteiger partial charge is 0.288 e. The van der Waals surface area contributed by atoms with E-state index in [1.165, 1.54) is 22.7 Å². The Hall–Kier alpha value is -2.29. The highest BCUT2D eigenvalue weighted by atomic mass is 32.2. The van der Waals surface area contributed by atoms with Crippen molar-refractivity contribution in [3.8, 4) is 0 Å².